The molecule has 0 saturated heterocycles. The molecule has 2 aromatic rings. The van der Waals surface area contributed by atoms with Crippen LogP contribution in [-0.4, -0.2) is 53.4 Å². The highest BCUT2D eigenvalue weighted by molar-refractivity contribution is 6.31. The molecule has 0 fully saturated rings. The molecule has 1 aliphatic rings. The quantitative estimate of drug-likeness (QED) is 0.832. The third-order valence-electron chi connectivity index (χ3n) is 4.50. The highest BCUT2D eigenvalue weighted by Gasteiger charge is 2.37. The van der Waals surface area contributed by atoms with Crippen molar-refractivity contribution in [1.82, 2.24) is 15.1 Å². The predicted molar refractivity (Wildman–Crippen MR) is 102 cm³/mol. The summed E-state index contributed by atoms with van der Waals surface area (Å²) in [7, 11) is 4.04. The van der Waals surface area contributed by atoms with Crippen LogP contribution in [0.25, 0.3) is 10.9 Å². The van der Waals surface area contributed by atoms with Gasteiger partial charge in [-0.25, -0.2) is 0 Å². The molecule has 0 spiro atoms. The average molecular weight is 360 g/mol. The lowest BCUT2D eigenvalue weighted by atomic mass is 9.82. The number of aromatic nitrogens is 2. The van der Waals surface area contributed by atoms with Crippen LogP contribution in [0.1, 0.15) is 13.3 Å². The molecule has 1 aromatic carbocycles. The monoisotopic (exact) mass is 359 g/mol. The smallest absolute Gasteiger partial charge is 0.228 e. The molecule has 2 unspecified atom stereocenters. The van der Waals surface area contributed by atoms with Crippen LogP contribution in [0.5, 0.6) is 0 Å². The highest BCUT2D eigenvalue weighted by Crippen LogP contribution is 2.32. The van der Waals surface area contributed by atoms with Crippen LogP contribution in [0.3, 0.4) is 0 Å². The Kier molecular flexibility index (Phi) is 4.92. The van der Waals surface area contributed by atoms with Crippen molar-refractivity contribution in [2.45, 2.75) is 18.9 Å². The van der Waals surface area contributed by atoms with E-state index in [2.05, 4.69) is 32.3 Å². The second kappa shape index (κ2) is 6.98. The fraction of sp³-hybridized carbons (Fsp3) is 0.389. The van der Waals surface area contributed by atoms with Crippen LogP contribution in [0.2, 0.25) is 5.02 Å². The number of nitrogens with one attached hydrogen (secondary N) is 2. The maximum atomic E-state index is 12.7. The van der Waals surface area contributed by atoms with E-state index >= 15 is 0 Å². The summed E-state index contributed by atoms with van der Waals surface area (Å²) in [4.78, 5) is 19.4. The Balaban J connectivity index is 1.76. The summed E-state index contributed by atoms with van der Waals surface area (Å²) in [6.45, 7) is 2.96. The number of allylic oxidation sites excluding steroid dienone is 1. The minimum atomic E-state index is -0.510. The number of nitrogens with zero attached hydrogens (tertiary/aromatic N) is 3. The van der Waals surface area contributed by atoms with Crippen molar-refractivity contribution in [3.05, 3.63) is 35.4 Å². The molecule has 7 heteroatoms. The number of carbonyl (C=O) groups excluding carboxylic acids is 1. The topological polar surface area (TPSA) is 73.4 Å². The van der Waals surface area contributed by atoms with Gasteiger partial charge in [-0.15, -0.1) is 0 Å². The number of H-pyrrole nitrogens is 1. The van der Waals surface area contributed by atoms with Gasteiger partial charge in [0.05, 0.1) is 17.5 Å². The van der Waals surface area contributed by atoms with Crippen molar-refractivity contribution in [2.75, 3.05) is 26.0 Å². The van der Waals surface area contributed by atoms with Crippen molar-refractivity contribution in [3.8, 4) is 0 Å². The van der Waals surface area contributed by atoms with E-state index in [0.29, 0.717) is 10.8 Å². The SMILES string of the molecule is CC(CN(C)C)C1(CC(=O)Nc2n[nH]c3cc(Cl)ccc23)C=CC=N1. The van der Waals surface area contributed by atoms with E-state index in [-0.39, 0.29) is 18.2 Å². The van der Waals surface area contributed by atoms with Gasteiger partial charge in [0.15, 0.2) is 5.82 Å². The van der Waals surface area contributed by atoms with Gasteiger partial charge in [0.2, 0.25) is 5.91 Å². The van der Waals surface area contributed by atoms with Crippen molar-refractivity contribution < 1.29 is 4.79 Å². The minimum absolute atomic E-state index is 0.113. The Labute approximate surface area is 151 Å². The number of hydrogen-bond donors (Lipinski definition) is 2. The van der Waals surface area contributed by atoms with E-state index in [4.69, 9.17) is 11.6 Å². The first-order valence-electron chi connectivity index (χ1n) is 8.21. The minimum Gasteiger partial charge on any atom is -0.309 e. The lowest BCUT2D eigenvalue weighted by molar-refractivity contribution is -0.117. The summed E-state index contributed by atoms with van der Waals surface area (Å²) >= 11 is 5.98. The summed E-state index contributed by atoms with van der Waals surface area (Å²) in [6.07, 6.45) is 5.97. The highest BCUT2D eigenvalue weighted by atomic mass is 35.5. The van der Waals surface area contributed by atoms with Gasteiger partial charge in [0, 0.05) is 23.2 Å². The molecule has 25 heavy (non-hydrogen) atoms. The van der Waals surface area contributed by atoms with Gasteiger partial charge in [-0.1, -0.05) is 24.6 Å². The molecule has 2 N–H and O–H groups in total. The fourth-order valence-electron chi connectivity index (χ4n) is 3.23. The zero-order chi connectivity index (χ0) is 18.0. The normalized spacial score (nSPS) is 20.5. The molecule has 0 bridgehead atoms. The molecule has 132 valence electrons. The number of anilines is 1. The molecule has 3 rings (SSSR count). The summed E-state index contributed by atoms with van der Waals surface area (Å²) in [5.74, 6) is 0.605. The van der Waals surface area contributed by atoms with Crippen LogP contribution in [0, 0.1) is 5.92 Å². The van der Waals surface area contributed by atoms with Crippen molar-refractivity contribution >= 4 is 40.4 Å². The van der Waals surface area contributed by atoms with Gasteiger partial charge in [0.25, 0.3) is 0 Å². The second-order valence-corrected chi connectivity index (χ2v) is 7.22. The molecular formula is C18H22ClN5O. The van der Waals surface area contributed by atoms with Crippen molar-refractivity contribution in [3.63, 3.8) is 0 Å². The number of hydrogen-bond acceptors (Lipinski definition) is 4. The van der Waals surface area contributed by atoms with E-state index < -0.39 is 5.54 Å². The summed E-state index contributed by atoms with van der Waals surface area (Å²) < 4.78 is 0. The van der Waals surface area contributed by atoms with E-state index in [0.717, 1.165) is 17.4 Å². The standard InChI is InChI=1S/C18H22ClN5O/c1-12(11-24(2)3)18(7-4-8-20-18)10-16(25)21-17-14-6-5-13(19)9-15(14)22-23-17/h4-9,12H,10-11H2,1-3H3,(H2,21,22,23,25). The van der Waals surface area contributed by atoms with Crippen LogP contribution in [0.4, 0.5) is 5.82 Å². The number of aromatic amines is 1. The number of carbonyl (C=O) groups is 1. The van der Waals surface area contributed by atoms with Crippen LogP contribution >= 0.6 is 11.6 Å². The molecule has 2 atom stereocenters. The molecule has 2 heterocycles. The number of benzene rings is 1. The lowest BCUT2D eigenvalue weighted by Crippen LogP contribution is -2.40. The molecular weight excluding hydrogens is 338 g/mol. The zero-order valence-corrected chi connectivity index (χ0v) is 15.3. The Bertz CT molecular complexity index is 827. The first kappa shape index (κ1) is 17.6. The Hall–Kier alpha value is -2.18. The molecule has 1 aromatic heterocycles. The van der Waals surface area contributed by atoms with Crippen LogP contribution in [0.15, 0.2) is 35.3 Å². The largest absolute Gasteiger partial charge is 0.309 e. The summed E-state index contributed by atoms with van der Waals surface area (Å²) in [5, 5.41) is 11.4. The Morgan fingerprint density at radius 2 is 2.24 bits per heavy atom. The Morgan fingerprint density at radius 3 is 2.92 bits per heavy atom. The van der Waals surface area contributed by atoms with Crippen LogP contribution in [-0.2, 0) is 4.79 Å². The van der Waals surface area contributed by atoms with Gasteiger partial charge in [-0.3, -0.25) is 14.9 Å². The maximum Gasteiger partial charge on any atom is 0.228 e. The van der Waals surface area contributed by atoms with Gasteiger partial charge < -0.3 is 10.2 Å². The van der Waals surface area contributed by atoms with Crippen molar-refractivity contribution in [2.24, 2.45) is 10.9 Å². The first-order chi connectivity index (χ1) is 11.9. The molecule has 1 amide bonds. The van der Waals surface area contributed by atoms with Gasteiger partial charge in [-0.2, -0.15) is 5.10 Å². The number of rotatable bonds is 6. The van der Waals surface area contributed by atoms with Gasteiger partial charge >= 0.3 is 0 Å². The summed E-state index contributed by atoms with van der Waals surface area (Å²) in [5.41, 5.74) is 0.279. The second-order valence-electron chi connectivity index (χ2n) is 6.78. The van der Waals surface area contributed by atoms with Crippen molar-refractivity contribution in [1.29, 1.82) is 0 Å². The van der Waals surface area contributed by atoms with Gasteiger partial charge in [-0.05, 0) is 44.3 Å². The fourth-order valence-corrected chi connectivity index (χ4v) is 3.40. The molecule has 0 saturated carbocycles. The summed E-state index contributed by atoms with van der Waals surface area (Å²) in [6, 6.07) is 5.40. The first-order valence-corrected chi connectivity index (χ1v) is 8.59. The van der Waals surface area contributed by atoms with E-state index in [1.165, 1.54) is 0 Å². The van der Waals surface area contributed by atoms with E-state index in [1.54, 1.807) is 18.3 Å². The number of halogens is 1. The predicted octanol–water partition coefficient (Wildman–Crippen LogP) is 3.12. The number of aliphatic imine (C=N–C) groups is 1. The van der Waals surface area contributed by atoms with Crippen LogP contribution < -0.4 is 5.32 Å². The average Bonchev–Trinajstić information content (AvgIpc) is 3.15. The zero-order valence-electron chi connectivity index (χ0n) is 14.6. The number of amides is 1. The molecule has 0 aliphatic carbocycles. The number of fused-ring (bicyclic) bond motifs is 1. The van der Waals surface area contributed by atoms with E-state index in [1.807, 2.05) is 32.3 Å². The maximum absolute atomic E-state index is 12.7. The molecule has 1 aliphatic heterocycles. The lowest BCUT2D eigenvalue weighted by Gasteiger charge is -2.32. The van der Waals surface area contributed by atoms with E-state index in [9.17, 15) is 4.79 Å². The van der Waals surface area contributed by atoms with Gasteiger partial charge in [0.1, 0.15) is 0 Å². The third-order valence-corrected chi connectivity index (χ3v) is 4.74. The molecule has 6 nitrogen and oxygen atoms in total. The Morgan fingerprint density at radius 1 is 1.44 bits per heavy atom. The third kappa shape index (κ3) is 3.75. The molecule has 0 radical (unpaired) electrons.